The van der Waals surface area contributed by atoms with Gasteiger partial charge in [0, 0.05) is 49.0 Å². The molecule has 2 aliphatic heterocycles. The van der Waals surface area contributed by atoms with Gasteiger partial charge >= 0.3 is 0 Å². The maximum absolute atomic E-state index is 12.8. The lowest BCUT2D eigenvalue weighted by molar-refractivity contribution is -0.137. The van der Waals surface area contributed by atoms with Crippen molar-refractivity contribution in [2.75, 3.05) is 31.1 Å². The molecule has 28 heavy (non-hydrogen) atoms. The van der Waals surface area contributed by atoms with Crippen molar-refractivity contribution >= 4 is 11.7 Å². The summed E-state index contributed by atoms with van der Waals surface area (Å²) < 4.78 is 0. The molecule has 2 fully saturated rings. The number of hydrogen-bond acceptors (Lipinski definition) is 4. The number of hydrogen-bond donors (Lipinski definition) is 0. The first-order valence-electron chi connectivity index (χ1n) is 11.0. The molecule has 3 heterocycles. The van der Waals surface area contributed by atoms with Crippen LogP contribution in [0.25, 0.3) is 0 Å². The quantitative estimate of drug-likeness (QED) is 0.760. The Labute approximate surface area is 170 Å². The molecule has 3 rings (SSSR count). The number of carbonyl (C=O) groups is 1. The summed E-state index contributed by atoms with van der Waals surface area (Å²) in [6.45, 7) is 16.8. The maximum Gasteiger partial charge on any atom is 0.225 e. The Morgan fingerprint density at radius 1 is 0.893 bits per heavy atom. The molecule has 0 aromatic carbocycles. The Morgan fingerprint density at radius 2 is 1.50 bits per heavy atom. The number of anilines is 1. The minimum absolute atomic E-state index is 0.0137. The van der Waals surface area contributed by atoms with Crippen molar-refractivity contribution in [1.29, 1.82) is 0 Å². The van der Waals surface area contributed by atoms with E-state index in [0.29, 0.717) is 5.91 Å². The van der Waals surface area contributed by atoms with E-state index in [9.17, 15) is 4.79 Å². The first-order valence-corrected chi connectivity index (χ1v) is 11.0. The first-order chi connectivity index (χ1) is 13.1. The molecule has 5 heteroatoms. The lowest BCUT2D eigenvalue weighted by atomic mass is 9.89. The van der Waals surface area contributed by atoms with Gasteiger partial charge in [-0.3, -0.25) is 4.79 Å². The van der Waals surface area contributed by atoms with E-state index in [-0.39, 0.29) is 16.7 Å². The molecule has 0 atom stereocenters. The Morgan fingerprint density at radius 3 is 2.04 bits per heavy atom. The zero-order valence-corrected chi connectivity index (χ0v) is 18.7. The summed E-state index contributed by atoms with van der Waals surface area (Å²) in [5.74, 6) is 2.49. The monoisotopic (exact) mass is 386 g/mol. The molecule has 1 aromatic rings. The van der Waals surface area contributed by atoms with Gasteiger partial charge in [0.05, 0.1) is 5.69 Å². The van der Waals surface area contributed by atoms with E-state index in [4.69, 9.17) is 9.97 Å². The van der Waals surface area contributed by atoms with E-state index < -0.39 is 0 Å². The second kappa shape index (κ2) is 8.00. The van der Waals surface area contributed by atoms with Crippen LogP contribution < -0.4 is 4.90 Å². The number of nitrogens with zero attached hydrogens (tertiary/aromatic N) is 4. The molecule has 0 spiro atoms. The van der Waals surface area contributed by atoms with Crippen molar-refractivity contribution in [1.82, 2.24) is 14.9 Å². The maximum atomic E-state index is 12.8. The topological polar surface area (TPSA) is 49.3 Å². The molecular formula is C23H38N4O. The molecule has 0 unspecified atom stereocenters. The van der Waals surface area contributed by atoms with Gasteiger partial charge in [-0.25, -0.2) is 9.97 Å². The van der Waals surface area contributed by atoms with Crippen LogP contribution in [-0.4, -0.2) is 47.0 Å². The zero-order chi connectivity index (χ0) is 20.5. The highest BCUT2D eigenvalue weighted by molar-refractivity contribution is 5.79. The zero-order valence-electron chi connectivity index (χ0n) is 18.7. The van der Waals surface area contributed by atoms with Gasteiger partial charge in [-0.2, -0.15) is 0 Å². The van der Waals surface area contributed by atoms with E-state index in [2.05, 4.69) is 57.4 Å². The van der Waals surface area contributed by atoms with Gasteiger partial charge in [0.2, 0.25) is 5.91 Å². The van der Waals surface area contributed by atoms with Crippen molar-refractivity contribution < 1.29 is 4.79 Å². The van der Waals surface area contributed by atoms with Crippen molar-refractivity contribution in [2.24, 2.45) is 5.92 Å². The molecule has 2 saturated heterocycles. The van der Waals surface area contributed by atoms with Gasteiger partial charge in [-0.1, -0.05) is 41.5 Å². The minimum Gasteiger partial charge on any atom is -0.356 e. The molecule has 1 aromatic heterocycles. The van der Waals surface area contributed by atoms with Crippen LogP contribution in [0.4, 0.5) is 5.82 Å². The second-order valence-electron chi connectivity index (χ2n) is 10.6. The van der Waals surface area contributed by atoms with Gasteiger partial charge in [-0.05, 0) is 32.1 Å². The minimum atomic E-state index is -0.0848. The molecular weight excluding hydrogens is 348 g/mol. The highest BCUT2D eigenvalue weighted by atomic mass is 16.2. The smallest absolute Gasteiger partial charge is 0.225 e. The van der Waals surface area contributed by atoms with Crippen LogP contribution in [-0.2, 0) is 15.6 Å². The fourth-order valence-electron chi connectivity index (χ4n) is 4.04. The largest absolute Gasteiger partial charge is 0.356 e. The standard InChI is InChI=1S/C23H38N4O/c1-22(2,3)18-16-19(25-21(24-18)23(4,5)6)26-14-10-17(11-15-26)20(28)27-12-8-7-9-13-27/h16-17H,7-15H2,1-6H3. The van der Waals surface area contributed by atoms with Crippen molar-refractivity contribution in [3.05, 3.63) is 17.6 Å². The van der Waals surface area contributed by atoms with Crippen molar-refractivity contribution in [2.45, 2.75) is 84.5 Å². The summed E-state index contributed by atoms with van der Waals surface area (Å²) in [7, 11) is 0. The number of carbonyl (C=O) groups excluding carboxylic acids is 1. The molecule has 2 aliphatic rings. The van der Waals surface area contributed by atoms with Gasteiger partial charge in [0.25, 0.3) is 0 Å². The molecule has 156 valence electrons. The van der Waals surface area contributed by atoms with Gasteiger partial charge < -0.3 is 9.80 Å². The average molecular weight is 387 g/mol. The molecule has 0 N–H and O–H groups in total. The first kappa shape index (κ1) is 21.1. The third-order valence-corrected chi connectivity index (χ3v) is 5.99. The predicted octanol–water partition coefficient (Wildman–Crippen LogP) is 4.30. The molecule has 1 amide bonds. The fraction of sp³-hybridized carbons (Fsp3) is 0.783. The number of amides is 1. The third kappa shape index (κ3) is 4.84. The number of likely N-dealkylation sites (tertiary alicyclic amines) is 1. The molecule has 0 aliphatic carbocycles. The molecule has 0 bridgehead atoms. The third-order valence-electron chi connectivity index (χ3n) is 5.99. The molecule has 0 saturated carbocycles. The lowest BCUT2D eigenvalue weighted by Crippen LogP contribution is -2.44. The Hall–Kier alpha value is -1.65. The Kier molecular flexibility index (Phi) is 6.02. The summed E-state index contributed by atoms with van der Waals surface area (Å²) in [4.78, 5) is 27.1. The predicted molar refractivity (Wildman–Crippen MR) is 115 cm³/mol. The molecule has 0 radical (unpaired) electrons. The highest BCUT2D eigenvalue weighted by Crippen LogP contribution is 2.30. The van der Waals surface area contributed by atoms with Crippen LogP contribution in [0.5, 0.6) is 0 Å². The van der Waals surface area contributed by atoms with E-state index in [1.807, 2.05) is 0 Å². The summed E-state index contributed by atoms with van der Waals surface area (Å²) >= 11 is 0. The van der Waals surface area contributed by atoms with E-state index in [1.54, 1.807) is 0 Å². The van der Waals surface area contributed by atoms with E-state index >= 15 is 0 Å². The summed E-state index contributed by atoms with van der Waals surface area (Å²) in [6, 6.07) is 2.15. The summed E-state index contributed by atoms with van der Waals surface area (Å²) in [5, 5.41) is 0. The lowest BCUT2D eigenvalue weighted by Gasteiger charge is -2.36. The SMILES string of the molecule is CC(C)(C)c1cc(N2CCC(C(=O)N3CCCCC3)CC2)nc(C(C)(C)C)n1. The Balaban J connectivity index is 1.73. The van der Waals surface area contributed by atoms with Gasteiger partial charge in [0.15, 0.2) is 0 Å². The second-order valence-corrected chi connectivity index (χ2v) is 10.6. The number of aromatic nitrogens is 2. The highest BCUT2D eigenvalue weighted by Gasteiger charge is 2.31. The Bertz CT molecular complexity index is 655. The van der Waals surface area contributed by atoms with Crippen LogP contribution >= 0.6 is 0 Å². The normalized spacial score (nSPS) is 19.8. The van der Waals surface area contributed by atoms with Gasteiger partial charge in [0.1, 0.15) is 11.6 Å². The van der Waals surface area contributed by atoms with E-state index in [1.165, 1.54) is 6.42 Å². The fourth-order valence-corrected chi connectivity index (χ4v) is 4.04. The van der Waals surface area contributed by atoms with Crippen molar-refractivity contribution in [3.8, 4) is 0 Å². The molecule has 5 nitrogen and oxygen atoms in total. The van der Waals surface area contributed by atoms with Crippen LogP contribution in [0.15, 0.2) is 6.07 Å². The van der Waals surface area contributed by atoms with E-state index in [0.717, 1.165) is 69.2 Å². The van der Waals surface area contributed by atoms with Gasteiger partial charge in [-0.15, -0.1) is 0 Å². The van der Waals surface area contributed by atoms with Crippen LogP contribution in [0.1, 0.15) is 85.2 Å². The van der Waals surface area contributed by atoms with Crippen LogP contribution in [0, 0.1) is 5.92 Å². The summed E-state index contributed by atoms with van der Waals surface area (Å²) in [5.41, 5.74) is 0.993. The average Bonchev–Trinajstić information content (AvgIpc) is 2.66. The number of rotatable bonds is 2. The van der Waals surface area contributed by atoms with Crippen LogP contribution in [0.2, 0.25) is 0 Å². The van der Waals surface area contributed by atoms with Crippen LogP contribution in [0.3, 0.4) is 0 Å². The number of piperidine rings is 2. The summed E-state index contributed by atoms with van der Waals surface area (Å²) in [6.07, 6.45) is 5.44. The van der Waals surface area contributed by atoms with Crippen molar-refractivity contribution in [3.63, 3.8) is 0 Å².